The van der Waals surface area contributed by atoms with Crippen molar-refractivity contribution in [2.45, 2.75) is 13.8 Å². The number of benzene rings is 1. The monoisotopic (exact) mass is 250 g/mol. The molecule has 1 aromatic carbocycles. The van der Waals surface area contributed by atoms with E-state index in [-0.39, 0.29) is 25.0 Å². The van der Waals surface area contributed by atoms with Crippen LogP contribution in [-0.2, 0) is 14.3 Å². The van der Waals surface area contributed by atoms with Crippen molar-refractivity contribution in [3.8, 4) is 0 Å². The maximum absolute atomic E-state index is 11.5. The zero-order chi connectivity index (χ0) is 13.4. The number of hydrogen-bond acceptors (Lipinski definition) is 4. The quantitative estimate of drug-likeness (QED) is 0.742. The van der Waals surface area contributed by atoms with Gasteiger partial charge in [0.15, 0.2) is 0 Å². The van der Waals surface area contributed by atoms with Crippen molar-refractivity contribution in [3.63, 3.8) is 0 Å². The standard InChI is InChI=1S/C13H18N2O3/c1-3-18-13(17)9-14-8-12(16)15-11-6-4-5-10(2)7-11/h4-7,14H,3,8-9H2,1-2H3,(H,15,16). The molecule has 2 N–H and O–H groups in total. The Hall–Kier alpha value is -1.88. The minimum Gasteiger partial charge on any atom is -0.465 e. The van der Waals surface area contributed by atoms with Gasteiger partial charge < -0.3 is 10.1 Å². The number of aryl methyl sites for hydroxylation is 1. The minimum atomic E-state index is -0.360. The third-order valence-electron chi connectivity index (χ3n) is 2.16. The highest BCUT2D eigenvalue weighted by molar-refractivity contribution is 5.92. The highest BCUT2D eigenvalue weighted by Crippen LogP contribution is 2.08. The van der Waals surface area contributed by atoms with Gasteiger partial charge in [-0.1, -0.05) is 12.1 Å². The predicted molar refractivity (Wildman–Crippen MR) is 69.3 cm³/mol. The van der Waals surface area contributed by atoms with Gasteiger partial charge in [0.1, 0.15) is 0 Å². The van der Waals surface area contributed by atoms with E-state index in [0.717, 1.165) is 11.3 Å². The van der Waals surface area contributed by atoms with E-state index in [9.17, 15) is 9.59 Å². The number of rotatable bonds is 6. The van der Waals surface area contributed by atoms with Crippen LogP contribution in [0.2, 0.25) is 0 Å². The Bertz CT molecular complexity index is 418. The van der Waals surface area contributed by atoms with Crippen LogP contribution in [0.5, 0.6) is 0 Å². The van der Waals surface area contributed by atoms with Crippen LogP contribution >= 0.6 is 0 Å². The number of nitrogens with one attached hydrogen (secondary N) is 2. The summed E-state index contributed by atoms with van der Waals surface area (Å²) >= 11 is 0. The number of carbonyl (C=O) groups excluding carboxylic acids is 2. The number of esters is 1. The molecule has 0 bridgehead atoms. The van der Waals surface area contributed by atoms with Gasteiger partial charge in [0.2, 0.25) is 5.91 Å². The Morgan fingerprint density at radius 2 is 2.06 bits per heavy atom. The van der Waals surface area contributed by atoms with Crippen LogP contribution in [0, 0.1) is 6.92 Å². The van der Waals surface area contributed by atoms with Crippen molar-refractivity contribution in [2.24, 2.45) is 0 Å². The van der Waals surface area contributed by atoms with Crippen LogP contribution in [0.1, 0.15) is 12.5 Å². The molecule has 5 heteroatoms. The lowest BCUT2D eigenvalue weighted by atomic mass is 10.2. The highest BCUT2D eigenvalue weighted by atomic mass is 16.5. The molecule has 1 aromatic rings. The third-order valence-corrected chi connectivity index (χ3v) is 2.16. The molecular formula is C13H18N2O3. The van der Waals surface area contributed by atoms with Gasteiger partial charge >= 0.3 is 5.97 Å². The molecule has 0 saturated carbocycles. The predicted octanol–water partition coefficient (Wildman–Crippen LogP) is 1.09. The molecule has 1 rings (SSSR count). The molecule has 0 aromatic heterocycles. The molecule has 0 fully saturated rings. The zero-order valence-corrected chi connectivity index (χ0v) is 10.7. The summed E-state index contributed by atoms with van der Waals surface area (Å²) in [5.41, 5.74) is 1.82. The largest absolute Gasteiger partial charge is 0.465 e. The lowest BCUT2D eigenvalue weighted by Crippen LogP contribution is -2.32. The van der Waals surface area contributed by atoms with Crippen LogP contribution in [0.4, 0.5) is 5.69 Å². The molecule has 98 valence electrons. The van der Waals surface area contributed by atoms with Crippen molar-refractivity contribution in [1.82, 2.24) is 5.32 Å². The summed E-state index contributed by atoms with van der Waals surface area (Å²) < 4.78 is 4.72. The van der Waals surface area contributed by atoms with E-state index < -0.39 is 0 Å². The number of ether oxygens (including phenoxy) is 1. The van der Waals surface area contributed by atoms with E-state index >= 15 is 0 Å². The fourth-order valence-electron chi connectivity index (χ4n) is 1.42. The Morgan fingerprint density at radius 3 is 2.72 bits per heavy atom. The second kappa shape index (κ2) is 7.45. The molecule has 5 nitrogen and oxygen atoms in total. The van der Waals surface area contributed by atoms with Crippen LogP contribution in [-0.4, -0.2) is 31.6 Å². The maximum atomic E-state index is 11.5. The van der Waals surface area contributed by atoms with Gasteiger partial charge in [0.05, 0.1) is 19.7 Å². The normalized spacial score (nSPS) is 9.89. The summed E-state index contributed by atoms with van der Waals surface area (Å²) in [5, 5.41) is 5.45. The van der Waals surface area contributed by atoms with Crippen LogP contribution in [0.3, 0.4) is 0 Å². The topological polar surface area (TPSA) is 67.4 Å². The first-order chi connectivity index (χ1) is 8.61. The molecule has 0 heterocycles. The lowest BCUT2D eigenvalue weighted by molar-refractivity contribution is -0.141. The fraction of sp³-hybridized carbons (Fsp3) is 0.385. The molecule has 0 atom stereocenters. The summed E-state index contributed by atoms with van der Waals surface area (Å²) in [7, 11) is 0. The first-order valence-corrected chi connectivity index (χ1v) is 5.84. The zero-order valence-electron chi connectivity index (χ0n) is 10.7. The SMILES string of the molecule is CCOC(=O)CNCC(=O)Nc1cccc(C)c1. The van der Waals surface area contributed by atoms with Gasteiger partial charge in [-0.05, 0) is 31.5 Å². The molecule has 0 saturated heterocycles. The van der Waals surface area contributed by atoms with E-state index in [1.165, 1.54) is 0 Å². The van der Waals surface area contributed by atoms with Crippen molar-refractivity contribution in [2.75, 3.05) is 25.0 Å². The van der Waals surface area contributed by atoms with Crippen LogP contribution < -0.4 is 10.6 Å². The van der Waals surface area contributed by atoms with E-state index in [1.807, 2.05) is 31.2 Å². The Kier molecular flexibility index (Phi) is 5.87. The number of amides is 1. The molecule has 0 aliphatic carbocycles. The molecule has 0 unspecified atom stereocenters. The summed E-state index contributed by atoms with van der Waals surface area (Å²) in [6, 6.07) is 7.52. The van der Waals surface area contributed by atoms with Gasteiger partial charge in [-0.2, -0.15) is 0 Å². The Morgan fingerprint density at radius 1 is 1.28 bits per heavy atom. The summed E-state index contributed by atoms with van der Waals surface area (Å²) in [4.78, 5) is 22.5. The van der Waals surface area contributed by atoms with Crippen molar-refractivity contribution in [3.05, 3.63) is 29.8 Å². The first-order valence-electron chi connectivity index (χ1n) is 5.84. The minimum absolute atomic E-state index is 0.0368. The van der Waals surface area contributed by atoms with Crippen molar-refractivity contribution in [1.29, 1.82) is 0 Å². The van der Waals surface area contributed by atoms with Gasteiger partial charge in [-0.15, -0.1) is 0 Å². The second-order valence-electron chi connectivity index (χ2n) is 3.83. The number of anilines is 1. The summed E-state index contributed by atoms with van der Waals surface area (Å²) in [6.07, 6.45) is 0. The molecule has 18 heavy (non-hydrogen) atoms. The number of hydrogen-bond donors (Lipinski definition) is 2. The first kappa shape index (κ1) is 14.2. The number of carbonyl (C=O) groups is 2. The summed E-state index contributed by atoms with van der Waals surface area (Å²) in [5.74, 6) is -0.550. The highest BCUT2D eigenvalue weighted by Gasteiger charge is 2.04. The van der Waals surface area contributed by atoms with Crippen LogP contribution in [0.25, 0.3) is 0 Å². The molecule has 0 aliphatic rings. The maximum Gasteiger partial charge on any atom is 0.319 e. The van der Waals surface area contributed by atoms with Gasteiger partial charge in [-0.25, -0.2) is 0 Å². The van der Waals surface area contributed by atoms with E-state index in [4.69, 9.17) is 4.74 Å². The second-order valence-corrected chi connectivity index (χ2v) is 3.83. The fourth-order valence-corrected chi connectivity index (χ4v) is 1.42. The van der Waals surface area contributed by atoms with Crippen molar-refractivity contribution < 1.29 is 14.3 Å². The van der Waals surface area contributed by atoms with E-state index in [0.29, 0.717) is 6.61 Å². The third kappa shape index (κ3) is 5.45. The Labute approximate surface area is 107 Å². The molecule has 1 amide bonds. The summed E-state index contributed by atoms with van der Waals surface area (Å²) in [6.45, 7) is 4.15. The molecular weight excluding hydrogens is 232 g/mol. The van der Waals surface area contributed by atoms with Gasteiger partial charge in [0.25, 0.3) is 0 Å². The van der Waals surface area contributed by atoms with E-state index in [1.54, 1.807) is 6.92 Å². The molecule has 0 spiro atoms. The Balaban J connectivity index is 2.28. The smallest absolute Gasteiger partial charge is 0.319 e. The van der Waals surface area contributed by atoms with Gasteiger partial charge in [-0.3, -0.25) is 14.9 Å². The average molecular weight is 250 g/mol. The van der Waals surface area contributed by atoms with E-state index in [2.05, 4.69) is 10.6 Å². The molecule has 0 aliphatic heterocycles. The average Bonchev–Trinajstić information content (AvgIpc) is 2.29. The van der Waals surface area contributed by atoms with Crippen LogP contribution in [0.15, 0.2) is 24.3 Å². The van der Waals surface area contributed by atoms with Gasteiger partial charge in [0, 0.05) is 5.69 Å². The molecule has 0 radical (unpaired) electrons. The lowest BCUT2D eigenvalue weighted by Gasteiger charge is -2.07. The van der Waals surface area contributed by atoms with Crippen molar-refractivity contribution >= 4 is 17.6 Å².